The Hall–Kier alpha value is -1.95. The summed E-state index contributed by atoms with van der Waals surface area (Å²) in [5.74, 6) is 0.586. The van der Waals surface area contributed by atoms with E-state index in [9.17, 15) is 4.39 Å². The average Bonchev–Trinajstić information content (AvgIpc) is 2.93. The predicted octanol–water partition coefficient (Wildman–Crippen LogP) is 3.20. The molecule has 1 aromatic carbocycles. The molecule has 0 aliphatic heterocycles. The molecule has 0 spiro atoms. The normalized spacial score (nSPS) is 11.6. The number of benzene rings is 1. The van der Waals surface area contributed by atoms with Gasteiger partial charge in [0.15, 0.2) is 5.96 Å². The Balaban J connectivity index is 1.89. The van der Waals surface area contributed by atoms with Gasteiger partial charge in [0, 0.05) is 24.9 Å². The third-order valence-electron chi connectivity index (χ3n) is 3.33. The topological polar surface area (TPSA) is 49.3 Å². The lowest BCUT2D eigenvalue weighted by Gasteiger charge is -2.11. The fourth-order valence-corrected chi connectivity index (χ4v) is 2.80. The van der Waals surface area contributed by atoms with E-state index in [1.54, 1.807) is 24.3 Å². The van der Waals surface area contributed by atoms with Gasteiger partial charge in [0.1, 0.15) is 5.82 Å². The molecule has 2 aromatic rings. The van der Waals surface area contributed by atoms with Crippen molar-refractivity contribution in [3.63, 3.8) is 0 Å². The molecule has 1 aromatic heterocycles. The Labute approximate surface area is 140 Å². The average molecular weight is 334 g/mol. The van der Waals surface area contributed by atoms with Crippen LogP contribution >= 0.6 is 11.3 Å². The standard InChI is InChI=1S/C17H23FN4S/c1-4-19-17(20-8-7-15-11-23-13(3)22-15)21-10-14-5-6-16(18)12(2)9-14/h5-6,9,11H,4,7-8,10H2,1-3H3,(H2,19,20,21). The summed E-state index contributed by atoms with van der Waals surface area (Å²) in [4.78, 5) is 8.99. The van der Waals surface area contributed by atoms with Crippen LogP contribution in [0.15, 0.2) is 28.6 Å². The Morgan fingerprint density at radius 1 is 1.30 bits per heavy atom. The Morgan fingerprint density at radius 2 is 2.13 bits per heavy atom. The van der Waals surface area contributed by atoms with E-state index in [2.05, 4.69) is 26.0 Å². The molecule has 0 fully saturated rings. The number of nitrogens with zero attached hydrogens (tertiary/aromatic N) is 2. The van der Waals surface area contributed by atoms with Crippen LogP contribution in [0, 0.1) is 19.7 Å². The molecule has 0 saturated carbocycles. The highest BCUT2D eigenvalue weighted by molar-refractivity contribution is 7.09. The van der Waals surface area contributed by atoms with Crippen LogP contribution in [0.25, 0.3) is 0 Å². The lowest BCUT2D eigenvalue weighted by molar-refractivity contribution is 0.617. The maximum absolute atomic E-state index is 13.3. The molecule has 23 heavy (non-hydrogen) atoms. The zero-order chi connectivity index (χ0) is 16.7. The third kappa shape index (κ3) is 5.63. The number of aryl methyl sites for hydroxylation is 2. The summed E-state index contributed by atoms with van der Waals surface area (Å²) in [6.45, 7) is 7.90. The van der Waals surface area contributed by atoms with E-state index in [1.165, 1.54) is 6.07 Å². The molecule has 0 saturated heterocycles. The second-order valence-electron chi connectivity index (χ2n) is 5.31. The van der Waals surface area contributed by atoms with Gasteiger partial charge >= 0.3 is 0 Å². The molecular formula is C17H23FN4S. The summed E-state index contributed by atoms with van der Waals surface area (Å²) < 4.78 is 13.3. The molecule has 6 heteroatoms. The summed E-state index contributed by atoms with van der Waals surface area (Å²) in [7, 11) is 0. The van der Waals surface area contributed by atoms with Crippen LogP contribution in [0.3, 0.4) is 0 Å². The highest BCUT2D eigenvalue weighted by Crippen LogP contribution is 2.10. The van der Waals surface area contributed by atoms with Crippen molar-refractivity contribution in [1.29, 1.82) is 0 Å². The van der Waals surface area contributed by atoms with Crippen LogP contribution in [0.1, 0.15) is 28.8 Å². The minimum Gasteiger partial charge on any atom is -0.357 e. The van der Waals surface area contributed by atoms with E-state index < -0.39 is 0 Å². The van der Waals surface area contributed by atoms with Crippen molar-refractivity contribution in [3.05, 3.63) is 51.2 Å². The van der Waals surface area contributed by atoms with Crippen LogP contribution in [-0.2, 0) is 13.0 Å². The smallest absolute Gasteiger partial charge is 0.191 e. The number of aliphatic imine (C=N–C) groups is 1. The van der Waals surface area contributed by atoms with Crippen LogP contribution in [0.5, 0.6) is 0 Å². The van der Waals surface area contributed by atoms with Crippen molar-refractivity contribution < 1.29 is 4.39 Å². The summed E-state index contributed by atoms with van der Waals surface area (Å²) in [6, 6.07) is 5.10. The number of guanidine groups is 1. The fourth-order valence-electron chi connectivity index (χ4n) is 2.15. The molecule has 0 aliphatic carbocycles. The van der Waals surface area contributed by atoms with Gasteiger partial charge in [-0.3, -0.25) is 0 Å². The second-order valence-corrected chi connectivity index (χ2v) is 6.38. The molecule has 0 radical (unpaired) electrons. The fraction of sp³-hybridized carbons (Fsp3) is 0.412. The molecule has 0 unspecified atom stereocenters. The minimum atomic E-state index is -0.179. The summed E-state index contributed by atoms with van der Waals surface area (Å²) in [5.41, 5.74) is 2.75. The number of nitrogens with one attached hydrogen (secondary N) is 2. The van der Waals surface area contributed by atoms with Gasteiger partial charge in [0.25, 0.3) is 0 Å². The molecule has 4 nitrogen and oxygen atoms in total. The zero-order valence-electron chi connectivity index (χ0n) is 13.8. The number of hydrogen-bond acceptors (Lipinski definition) is 3. The first kappa shape index (κ1) is 17.4. The molecule has 0 atom stereocenters. The first-order chi connectivity index (χ1) is 11.1. The van der Waals surface area contributed by atoms with Gasteiger partial charge in [-0.05, 0) is 38.0 Å². The first-order valence-corrected chi connectivity index (χ1v) is 8.64. The summed E-state index contributed by atoms with van der Waals surface area (Å²) in [6.07, 6.45) is 0.865. The molecule has 2 N–H and O–H groups in total. The third-order valence-corrected chi connectivity index (χ3v) is 4.15. The Morgan fingerprint density at radius 3 is 2.78 bits per heavy atom. The van der Waals surface area contributed by atoms with E-state index in [4.69, 9.17) is 0 Å². The second kappa shape index (κ2) is 8.62. The maximum atomic E-state index is 13.3. The van der Waals surface area contributed by atoms with Gasteiger partial charge in [-0.1, -0.05) is 12.1 Å². The van der Waals surface area contributed by atoms with Gasteiger partial charge in [0.2, 0.25) is 0 Å². The minimum absolute atomic E-state index is 0.179. The van der Waals surface area contributed by atoms with Crippen molar-refractivity contribution >= 4 is 17.3 Å². The summed E-state index contributed by atoms with van der Waals surface area (Å²) in [5, 5.41) is 9.70. The number of thiazole rings is 1. The van der Waals surface area contributed by atoms with Gasteiger partial charge in [-0.15, -0.1) is 11.3 Å². The van der Waals surface area contributed by atoms with Crippen LogP contribution in [-0.4, -0.2) is 24.0 Å². The van der Waals surface area contributed by atoms with Crippen molar-refractivity contribution in [2.24, 2.45) is 4.99 Å². The van der Waals surface area contributed by atoms with E-state index in [0.29, 0.717) is 12.1 Å². The summed E-state index contributed by atoms with van der Waals surface area (Å²) >= 11 is 1.67. The molecule has 124 valence electrons. The van der Waals surface area contributed by atoms with E-state index in [0.717, 1.165) is 41.7 Å². The molecule has 0 bridgehead atoms. The van der Waals surface area contributed by atoms with E-state index in [-0.39, 0.29) is 5.82 Å². The molecule has 0 amide bonds. The van der Waals surface area contributed by atoms with Crippen LogP contribution < -0.4 is 10.6 Å². The van der Waals surface area contributed by atoms with Crippen LogP contribution in [0.2, 0.25) is 0 Å². The van der Waals surface area contributed by atoms with E-state index in [1.807, 2.05) is 19.9 Å². The lowest BCUT2D eigenvalue weighted by Crippen LogP contribution is -2.38. The predicted molar refractivity (Wildman–Crippen MR) is 94.5 cm³/mol. The highest BCUT2D eigenvalue weighted by Gasteiger charge is 2.02. The van der Waals surface area contributed by atoms with Gasteiger partial charge < -0.3 is 10.6 Å². The van der Waals surface area contributed by atoms with Gasteiger partial charge in [0.05, 0.1) is 17.2 Å². The molecule has 0 aliphatic rings. The quantitative estimate of drug-likeness (QED) is 0.630. The number of halogens is 1. The highest BCUT2D eigenvalue weighted by atomic mass is 32.1. The largest absolute Gasteiger partial charge is 0.357 e. The molecular weight excluding hydrogens is 311 g/mol. The van der Waals surface area contributed by atoms with Crippen molar-refractivity contribution in [2.45, 2.75) is 33.7 Å². The Kier molecular flexibility index (Phi) is 6.52. The first-order valence-electron chi connectivity index (χ1n) is 7.76. The SMILES string of the molecule is CCNC(=NCc1ccc(F)c(C)c1)NCCc1csc(C)n1. The molecule has 2 rings (SSSR count). The lowest BCUT2D eigenvalue weighted by atomic mass is 10.1. The van der Waals surface area contributed by atoms with Crippen molar-refractivity contribution in [1.82, 2.24) is 15.6 Å². The number of rotatable bonds is 6. The number of hydrogen-bond donors (Lipinski definition) is 2. The van der Waals surface area contributed by atoms with Gasteiger partial charge in [-0.25, -0.2) is 14.4 Å². The number of aromatic nitrogens is 1. The van der Waals surface area contributed by atoms with E-state index >= 15 is 0 Å². The van der Waals surface area contributed by atoms with Gasteiger partial charge in [-0.2, -0.15) is 0 Å². The Bertz CT molecular complexity index is 666. The van der Waals surface area contributed by atoms with Crippen molar-refractivity contribution in [2.75, 3.05) is 13.1 Å². The monoisotopic (exact) mass is 334 g/mol. The van der Waals surface area contributed by atoms with Crippen LogP contribution in [0.4, 0.5) is 4.39 Å². The maximum Gasteiger partial charge on any atom is 0.191 e. The molecule has 1 heterocycles. The van der Waals surface area contributed by atoms with Crippen molar-refractivity contribution in [3.8, 4) is 0 Å². The zero-order valence-corrected chi connectivity index (χ0v) is 14.6.